The van der Waals surface area contributed by atoms with Crippen molar-refractivity contribution in [3.8, 4) is 5.75 Å². The summed E-state index contributed by atoms with van der Waals surface area (Å²) in [6.07, 6.45) is 2.03. The van der Waals surface area contributed by atoms with Crippen molar-refractivity contribution < 1.29 is 23.9 Å². The number of Topliss-reactive ketones (excluding diaryl/α,β-unsaturated/α-hetero) is 1. The van der Waals surface area contributed by atoms with Gasteiger partial charge in [0, 0.05) is 17.8 Å². The number of carbonyl (C=O) groups excluding carboxylic acids is 3. The summed E-state index contributed by atoms with van der Waals surface area (Å²) >= 11 is 0. The van der Waals surface area contributed by atoms with E-state index in [-0.39, 0.29) is 18.3 Å². The lowest BCUT2D eigenvalue weighted by Crippen LogP contribution is -2.25. The standard InChI is InChI=1S/C21H22N2O5/c1-2-3-10-22-16-7-5-4-6-15(16)21(26)28-12-18(24)14-8-9-19-17(11-14)23-20(25)13-27-19/h4-9,11,22H,2-3,10,12-13H2,1H3,(H,23,25). The Balaban J connectivity index is 1.63. The van der Waals surface area contributed by atoms with Crippen LogP contribution in [-0.4, -0.2) is 37.4 Å². The molecule has 0 aromatic heterocycles. The summed E-state index contributed by atoms with van der Waals surface area (Å²) in [7, 11) is 0. The van der Waals surface area contributed by atoms with Gasteiger partial charge in [0.15, 0.2) is 19.0 Å². The summed E-state index contributed by atoms with van der Waals surface area (Å²) in [5.74, 6) is -0.717. The van der Waals surface area contributed by atoms with Gasteiger partial charge < -0.3 is 20.1 Å². The number of para-hydroxylation sites is 1. The summed E-state index contributed by atoms with van der Waals surface area (Å²) in [5, 5.41) is 5.86. The van der Waals surface area contributed by atoms with Crippen LogP contribution in [0.2, 0.25) is 0 Å². The van der Waals surface area contributed by atoms with Gasteiger partial charge in [-0.3, -0.25) is 9.59 Å². The molecular weight excluding hydrogens is 360 g/mol. The van der Waals surface area contributed by atoms with E-state index in [4.69, 9.17) is 9.47 Å². The quantitative estimate of drug-likeness (QED) is 0.413. The number of rotatable bonds is 8. The minimum atomic E-state index is -0.567. The van der Waals surface area contributed by atoms with Crippen LogP contribution in [0.1, 0.15) is 40.5 Å². The highest BCUT2D eigenvalue weighted by atomic mass is 16.5. The van der Waals surface area contributed by atoms with E-state index in [1.165, 1.54) is 6.07 Å². The average molecular weight is 382 g/mol. The summed E-state index contributed by atoms with van der Waals surface area (Å²) in [6, 6.07) is 11.7. The summed E-state index contributed by atoms with van der Waals surface area (Å²) in [5.41, 5.74) is 1.82. The van der Waals surface area contributed by atoms with Crippen LogP contribution in [0.25, 0.3) is 0 Å². The molecule has 0 radical (unpaired) electrons. The molecule has 0 saturated heterocycles. The first-order valence-electron chi connectivity index (χ1n) is 9.18. The lowest BCUT2D eigenvalue weighted by Gasteiger charge is -2.18. The van der Waals surface area contributed by atoms with Gasteiger partial charge in [-0.25, -0.2) is 4.79 Å². The highest BCUT2D eigenvalue weighted by molar-refractivity contribution is 6.03. The van der Waals surface area contributed by atoms with Crippen LogP contribution >= 0.6 is 0 Å². The topological polar surface area (TPSA) is 93.7 Å². The second kappa shape index (κ2) is 9.03. The Morgan fingerprint density at radius 3 is 2.86 bits per heavy atom. The monoisotopic (exact) mass is 382 g/mol. The zero-order chi connectivity index (χ0) is 19.9. The first kappa shape index (κ1) is 19.4. The van der Waals surface area contributed by atoms with Gasteiger partial charge in [0.1, 0.15) is 5.75 Å². The van der Waals surface area contributed by atoms with Crippen LogP contribution in [0.3, 0.4) is 0 Å². The Bertz CT molecular complexity index is 894. The van der Waals surface area contributed by atoms with Crippen molar-refractivity contribution in [3.05, 3.63) is 53.6 Å². The number of esters is 1. The molecule has 7 heteroatoms. The van der Waals surface area contributed by atoms with Gasteiger partial charge in [0.25, 0.3) is 5.91 Å². The summed E-state index contributed by atoms with van der Waals surface area (Å²) < 4.78 is 10.5. The first-order valence-corrected chi connectivity index (χ1v) is 9.18. The Labute approximate surface area is 163 Å². The number of benzene rings is 2. The second-order valence-electron chi connectivity index (χ2n) is 6.37. The lowest BCUT2D eigenvalue weighted by atomic mass is 10.1. The fourth-order valence-electron chi connectivity index (χ4n) is 2.76. The molecule has 0 spiro atoms. The van der Waals surface area contributed by atoms with Gasteiger partial charge in [0.2, 0.25) is 0 Å². The average Bonchev–Trinajstić information content (AvgIpc) is 2.71. The van der Waals surface area contributed by atoms with E-state index in [1.807, 2.05) is 6.07 Å². The Morgan fingerprint density at radius 1 is 1.21 bits per heavy atom. The third-order valence-corrected chi connectivity index (χ3v) is 4.26. The largest absolute Gasteiger partial charge is 0.482 e. The van der Waals surface area contributed by atoms with E-state index in [0.717, 1.165) is 19.4 Å². The molecule has 28 heavy (non-hydrogen) atoms. The van der Waals surface area contributed by atoms with E-state index in [0.29, 0.717) is 28.3 Å². The van der Waals surface area contributed by atoms with E-state index < -0.39 is 12.6 Å². The molecule has 0 fully saturated rings. The van der Waals surface area contributed by atoms with Gasteiger partial charge in [-0.2, -0.15) is 0 Å². The molecule has 2 aromatic rings. The number of ether oxygens (including phenoxy) is 2. The molecule has 146 valence electrons. The minimum Gasteiger partial charge on any atom is -0.482 e. The van der Waals surface area contributed by atoms with Crippen molar-refractivity contribution in [2.45, 2.75) is 19.8 Å². The van der Waals surface area contributed by atoms with Gasteiger partial charge in [-0.15, -0.1) is 0 Å². The maximum absolute atomic E-state index is 12.4. The number of hydrogen-bond acceptors (Lipinski definition) is 6. The van der Waals surface area contributed by atoms with E-state index in [1.54, 1.807) is 30.3 Å². The van der Waals surface area contributed by atoms with Crippen LogP contribution in [0.5, 0.6) is 5.75 Å². The number of amides is 1. The van der Waals surface area contributed by atoms with E-state index >= 15 is 0 Å². The SMILES string of the molecule is CCCCNc1ccccc1C(=O)OCC(=O)c1ccc2c(c1)NC(=O)CO2. The zero-order valence-electron chi connectivity index (χ0n) is 15.6. The number of fused-ring (bicyclic) bond motifs is 1. The minimum absolute atomic E-state index is 0.0520. The molecule has 0 atom stereocenters. The Hall–Kier alpha value is -3.35. The van der Waals surface area contributed by atoms with E-state index in [2.05, 4.69) is 17.6 Å². The molecule has 1 amide bonds. The highest BCUT2D eigenvalue weighted by Crippen LogP contribution is 2.28. The maximum atomic E-state index is 12.4. The van der Waals surface area contributed by atoms with Crippen LogP contribution in [0.4, 0.5) is 11.4 Å². The molecule has 0 saturated carbocycles. The van der Waals surface area contributed by atoms with Crippen molar-refractivity contribution in [3.63, 3.8) is 0 Å². The fourth-order valence-corrected chi connectivity index (χ4v) is 2.76. The van der Waals surface area contributed by atoms with Crippen LogP contribution < -0.4 is 15.4 Å². The number of anilines is 2. The van der Waals surface area contributed by atoms with E-state index in [9.17, 15) is 14.4 Å². The molecule has 0 aliphatic carbocycles. The molecule has 2 N–H and O–H groups in total. The Kier molecular flexibility index (Phi) is 6.26. The molecule has 0 unspecified atom stereocenters. The first-order chi connectivity index (χ1) is 13.6. The molecule has 1 aliphatic rings. The molecule has 1 heterocycles. The molecule has 7 nitrogen and oxygen atoms in total. The van der Waals surface area contributed by atoms with Gasteiger partial charge in [-0.1, -0.05) is 25.5 Å². The van der Waals surface area contributed by atoms with Gasteiger partial charge in [0.05, 0.1) is 11.3 Å². The maximum Gasteiger partial charge on any atom is 0.340 e. The predicted octanol–water partition coefficient (Wildman–Crippen LogP) is 3.27. The number of nitrogens with one attached hydrogen (secondary N) is 2. The number of carbonyl (C=O) groups is 3. The molecule has 0 bridgehead atoms. The van der Waals surface area contributed by atoms with Crippen LogP contribution in [-0.2, 0) is 9.53 Å². The summed E-state index contributed by atoms with van der Waals surface area (Å²) in [4.78, 5) is 36.2. The summed E-state index contributed by atoms with van der Waals surface area (Å²) in [6.45, 7) is 2.40. The third kappa shape index (κ3) is 4.68. The van der Waals surface area contributed by atoms with Crippen molar-refractivity contribution in [1.29, 1.82) is 0 Å². The zero-order valence-corrected chi connectivity index (χ0v) is 15.6. The van der Waals surface area contributed by atoms with Gasteiger partial charge in [-0.05, 0) is 36.8 Å². The normalized spacial score (nSPS) is 12.4. The molecule has 2 aromatic carbocycles. The molecular formula is C21H22N2O5. The Morgan fingerprint density at radius 2 is 2.04 bits per heavy atom. The highest BCUT2D eigenvalue weighted by Gasteiger charge is 2.19. The van der Waals surface area contributed by atoms with Crippen molar-refractivity contribution in [2.24, 2.45) is 0 Å². The molecule has 3 rings (SSSR count). The lowest BCUT2D eigenvalue weighted by molar-refractivity contribution is -0.118. The van der Waals surface area contributed by atoms with Crippen molar-refractivity contribution >= 4 is 29.0 Å². The number of hydrogen-bond donors (Lipinski definition) is 2. The third-order valence-electron chi connectivity index (χ3n) is 4.26. The van der Waals surface area contributed by atoms with Crippen LogP contribution in [0, 0.1) is 0 Å². The number of unbranched alkanes of at least 4 members (excludes halogenated alkanes) is 1. The second-order valence-corrected chi connectivity index (χ2v) is 6.37. The predicted molar refractivity (Wildman–Crippen MR) is 105 cm³/mol. The fraction of sp³-hybridized carbons (Fsp3) is 0.286. The van der Waals surface area contributed by atoms with Crippen molar-refractivity contribution in [2.75, 3.05) is 30.4 Å². The smallest absolute Gasteiger partial charge is 0.340 e. The van der Waals surface area contributed by atoms with Crippen LogP contribution in [0.15, 0.2) is 42.5 Å². The van der Waals surface area contributed by atoms with Gasteiger partial charge >= 0.3 is 5.97 Å². The van der Waals surface area contributed by atoms with Crippen molar-refractivity contribution in [1.82, 2.24) is 0 Å². The molecule has 1 aliphatic heterocycles. The number of ketones is 1.